The second kappa shape index (κ2) is 5.66. The van der Waals surface area contributed by atoms with Crippen molar-refractivity contribution in [3.05, 3.63) is 0 Å². The molecule has 16 heavy (non-hydrogen) atoms. The van der Waals surface area contributed by atoms with Crippen LogP contribution in [0, 0.1) is 0 Å². The zero-order valence-corrected chi connectivity index (χ0v) is 9.87. The molecular formula is C7H14N4O4S. The summed E-state index contributed by atoms with van der Waals surface area (Å²) in [5.41, 5.74) is 0. The number of hydrogen-bond donors (Lipinski definition) is 2. The van der Waals surface area contributed by atoms with Gasteiger partial charge in [-0.3, -0.25) is 4.72 Å². The van der Waals surface area contributed by atoms with Gasteiger partial charge in [-0.15, -0.1) is 5.10 Å². The summed E-state index contributed by atoms with van der Waals surface area (Å²) in [4.78, 5) is 3.72. The Hall–Kier alpha value is -1.35. The van der Waals surface area contributed by atoms with Gasteiger partial charge in [0.1, 0.15) is 0 Å². The molecule has 0 bridgehead atoms. The quantitative estimate of drug-likeness (QED) is 0.637. The summed E-state index contributed by atoms with van der Waals surface area (Å²) in [6.45, 7) is 2.41. The number of rotatable bonds is 7. The minimum absolute atomic E-state index is 0.0216. The topological polar surface area (TPSA) is 106 Å². The number of ether oxygens (including phenoxy) is 2. The van der Waals surface area contributed by atoms with Crippen LogP contribution in [-0.4, -0.2) is 49.7 Å². The molecule has 1 heterocycles. The van der Waals surface area contributed by atoms with Gasteiger partial charge in [0.25, 0.3) is 0 Å². The number of sulfonamides is 1. The molecule has 0 radical (unpaired) electrons. The van der Waals surface area contributed by atoms with Gasteiger partial charge in [-0.2, -0.15) is 4.98 Å². The third kappa shape index (κ3) is 4.03. The van der Waals surface area contributed by atoms with E-state index in [9.17, 15) is 8.42 Å². The summed E-state index contributed by atoms with van der Waals surface area (Å²) in [5, 5.41) is 5.98. The van der Waals surface area contributed by atoms with Gasteiger partial charge in [0.05, 0.1) is 19.5 Å². The third-order valence-corrected chi connectivity index (χ3v) is 2.81. The highest BCUT2D eigenvalue weighted by molar-refractivity contribution is 7.92. The molecule has 8 nitrogen and oxygen atoms in total. The first-order valence-corrected chi connectivity index (χ1v) is 6.27. The molecule has 9 heteroatoms. The highest BCUT2D eigenvalue weighted by atomic mass is 32.2. The smallest absolute Gasteiger partial charge is 0.336 e. The van der Waals surface area contributed by atoms with Crippen LogP contribution in [-0.2, 0) is 14.8 Å². The van der Waals surface area contributed by atoms with Crippen molar-refractivity contribution in [1.82, 2.24) is 15.2 Å². The fourth-order valence-corrected chi connectivity index (χ4v) is 1.72. The van der Waals surface area contributed by atoms with E-state index in [0.29, 0.717) is 6.61 Å². The number of methoxy groups -OCH3 is 1. The van der Waals surface area contributed by atoms with E-state index in [1.807, 2.05) is 0 Å². The van der Waals surface area contributed by atoms with Crippen LogP contribution in [0.2, 0.25) is 0 Å². The lowest BCUT2D eigenvalue weighted by molar-refractivity contribution is 0.163. The van der Waals surface area contributed by atoms with Crippen LogP contribution in [0.15, 0.2) is 0 Å². The van der Waals surface area contributed by atoms with Gasteiger partial charge in [0.2, 0.25) is 16.0 Å². The summed E-state index contributed by atoms with van der Waals surface area (Å²) in [5.74, 6) is -0.113. The lowest BCUT2D eigenvalue weighted by Gasteiger charge is -2.04. The van der Waals surface area contributed by atoms with Crippen molar-refractivity contribution in [2.24, 2.45) is 0 Å². The lowest BCUT2D eigenvalue weighted by atomic mass is 10.8. The van der Waals surface area contributed by atoms with Gasteiger partial charge in [0, 0.05) is 6.61 Å². The molecule has 0 aliphatic carbocycles. The molecule has 2 N–H and O–H groups in total. The molecule has 0 aliphatic heterocycles. The molecule has 0 saturated heterocycles. The van der Waals surface area contributed by atoms with Crippen molar-refractivity contribution in [2.75, 3.05) is 30.8 Å². The maximum absolute atomic E-state index is 11.5. The zero-order chi connectivity index (χ0) is 12.0. The van der Waals surface area contributed by atoms with Gasteiger partial charge in [-0.25, -0.2) is 13.5 Å². The Labute approximate surface area is 93.4 Å². The third-order valence-electron chi connectivity index (χ3n) is 1.60. The van der Waals surface area contributed by atoms with Crippen molar-refractivity contribution < 1.29 is 17.9 Å². The van der Waals surface area contributed by atoms with Crippen LogP contribution in [0.1, 0.15) is 6.92 Å². The first kappa shape index (κ1) is 12.7. The van der Waals surface area contributed by atoms with Gasteiger partial charge in [-0.1, -0.05) is 0 Å². The van der Waals surface area contributed by atoms with E-state index in [-0.39, 0.29) is 24.3 Å². The fourth-order valence-electron chi connectivity index (χ4n) is 0.895. The van der Waals surface area contributed by atoms with Gasteiger partial charge in [0.15, 0.2) is 0 Å². The highest BCUT2D eigenvalue weighted by Crippen LogP contribution is 2.06. The summed E-state index contributed by atoms with van der Waals surface area (Å²) >= 11 is 0. The molecule has 0 aromatic carbocycles. The molecule has 0 atom stereocenters. The van der Waals surface area contributed by atoms with Crippen LogP contribution in [0.5, 0.6) is 6.01 Å². The molecule has 1 rings (SSSR count). The number of aromatic amines is 1. The van der Waals surface area contributed by atoms with Crippen molar-refractivity contribution in [1.29, 1.82) is 0 Å². The molecule has 92 valence electrons. The molecule has 0 fully saturated rings. The average molecular weight is 250 g/mol. The number of nitrogens with zero attached hydrogens (tertiary/aromatic N) is 2. The van der Waals surface area contributed by atoms with Crippen molar-refractivity contribution in [3.8, 4) is 6.01 Å². The largest absolute Gasteiger partial charge is 0.466 e. The van der Waals surface area contributed by atoms with E-state index in [1.165, 1.54) is 7.11 Å². The minimum atomic E-state index is -3.47. The zero-order valence-electron chi connectivity index (χ0n) is 9.06. The maximum Gasteiger partial charge on any atom is 0.336 e. The standard InChI is InChI=1S/C7H14N4O4S/c1-3-15-4-5-16(12,13)11-6-8-7(14-2)10-9-6/h3-5H2,1-2H3,(H2,8,9,10,11). The van der Waals surface area contributed by atoms with Crippen LogP contribution in [0.25, 0.3) is 0 Å². The van der Waals surface area contributed by atoms with Gasteiger partial charge >= 0.3 is 6.01 Å². The van der Waals surface area contributed by atoms with Crippen LogP contribution in [0.3, 0.4) is 0 Å². The number of hydrogen-bond acceptors (Lipinski definition) is 6. The van der Waals surface area contributed by atoms with Crippen LogP contribution >= 0.6 is 0 Å². The number of aromatic nitrogens is 3. The SMILES string of the molecule is CCOCCS(=O)(=O)Nc1nc(OC)n[nH]1. The molecule has 0 unspecified atom stereocenters. The van der Waals surface area contributed by atoms with Crippen molar-refractivity contribution in [2.45, 2.75) is 6.92 Å². The van der Waals surface area contributed by atoms with Gasteiger partial charge in [-0.05, 0) is 6.92 Å². The number of H-pyrrole nitrogens is 1. The van der Waals surface area contributed by atoms with E-state index in [1.54, 1.807) is 6.92 Å². The molecule has 0 aliphatic rings. The van der Waals surface area contributed by atoms with Crippen LogP contribution < -0.4 is 9.46 Å². The predicted molar refractivity (Wildman–Crippen MR) is 56.8 cm³/mol. The lowest BCUT2D eigenvalue weighted by Crippen LogP contribution is -2.20. The monoisotopic (exact) mass is 250 g/mol. The molecule has 0 spiro atoms. The normalized spacial score (nSPS) is 11.4. The number of nitrogens with one attached hydrogen (secondary N) is 2. The Balaban J connectivity index is 2.51. The van der Waals surface area contributed by atoms with E-state index in [4.69, 9.17) is 9.47 Å². The maximum atomic E-state index is 11.5. The Kier molecular flexibility index (Phi) is 4.50. The number of anilines is 1. The molecule has 0 amide bonds. The molecule has 0 saturated carbocycles. The summed E-state index contributed by atoms with van der Waals surface area (Å²) in [7, 11) is -2.08. The molecule has 1 aromatic heterocycles. The minimum Gasteiger partial charge on any atom is -0.466 e. The first-order chi connectivity index (χ1) is 7.57. The van der Waals surface area contributed by atoms with E-state index >= 15 is 0 Å². The predicted octanol–water partition coefficient (Wildman–Crippen LogP) is -0.408. The van der Waals surface area contributed by atoms with Crippen molar-refractivity contribution >= 4 is 16.0 Å². The van der Waals surface area contributed by atoms with E-state index in [0.717, 1.165) is 0 Å². The van der Waals surface area contributed by atoms with E-state index < -0.39 is 10.0 Å². The summed E-state index contributed by atoms with van der Waals surface area (Å²) in [6, 6.07) is 0.0718. The Bertz CT molecular complexity index is 416. The molecule has 1 aromatic rings. The average Bonchev–Trinajstić information content (AvgIpc) is 2.65. The Morgan fingerprint density at radius 2 is 2.25 bits per heavy atom. The second-order valence-electron chi connectivity index (χ2n) is 2.79. The summed E-state index contributed by atoms with van der Waals surface area (Å²) < 4.78 is 34.8. The highest BCUT2D eigenvalue weighted by Gasteiger charge is 2.13. The Morgan fingerprint density at radius 3 is 2.81 bits per heavy atom. The first-order valence-electron chi connectivity index (χ1n) is 4.62. The summed E-state index contributed by atoms with van der Waals surface area (Å²) in [6.07, 6.45) is 0. The second-order valence-corrected chi connectivity index (χ2v) is 4.63. The fraction of sp³-hybridized carbons (Fsp3) is 0.714. The molecular weight excluding hydrogens is 236 g/mol. The van der Waals surface area contributed by atoms with Crippen molar-refractivity contribution in [3.63, 3.8) is 0 Å². The van der Waals surface area contributed by atoms with Gasteiger partial charge < -0.3 is 9.47 Å². The van der Waals surface area contributed by atoms with Crippen LogP contribution in [0.4, 0.5) is 5.95 Å². The van der Waals surface area contributed by atoms with E-state index in [2.05, 4.69) is 19.9 Å². The Morgan fingerprint density at radius 1 is 1.50 bits per heavy atom.